The van der Waals surface area contributed by atoms with E-state index < -0.39 is 0 Å². The van der Waals surface area contributed by atoms with Gasteiger partial charge in [-0.1, -0.05) is 12.1 Å². The number of methoxy groups -OCH3 is 1. The summed E-state index contributed by atoms with van der Waals surface area (Å²) in [6.45, 7) is 2.58. The largest absolute Gasteiger partial charge is 0.497 e. The molecular formula is C16H16N2O2S. The van der Waals surface area contributed by atoms with E-state index >= 15 is 0 Å². The minimum atomic E-state index is 0.612. The Kier molecular flexibility index (Phi) is 3.66. The second-order valence-corrected chi connectivity index (χ2v) is 4.94. The smallest absolute Gasteiger partial charge is 0.182 e. The Bertz CT molecular complexity index is 836. The van der Waals surface area contributed by atoms with E-state index in [1.807, 2.05) is 54.0 Å². The second kappa shape index (κ2) is 5.61. The molecule has 1 N–H and O–H groups in total. The van der Waals surface area contributed by atoms with Crippen LogP contribution >= 0.6 is 12.2 Å². The number of benzene rings is 2. The summed E-state index contributed by atoms with van der Waals surface area (Å²) in [7, 11) is 1.65. The second-order valence-electron chi connectivity index (χ2n) is 4.55. The van der Waals surface area contributed by atoms with Crippen molar-refractivity contribution in [2.24, 2.45) is 0 Å². The van der Waals surface area contributed by atoms with E-state index in [2.05, 4.69) is 4.98 Å². The topological polar surface area (TPSA) is 39.2 Å². The number of nitrogens with one attached hydrogen (secondary N) is 1. The van der Waals surface area contributed by atoms with E-state index in [0.29, 0.717) is 11.4 Å². The molecule has 0 unspecified atom stereocenters. The van der Waals surface area contributed by atoms with Gasteiger partial charge in [-0.25, -0.2) is 0 Å². The first-order valence-corrected chi connectivity index (χ1v) is 7.16. The zero-order valence-electron chi connectivity index (χ0n) is 11.9. The lowest BCUT2D eigenvalue weighted by molar-refractivity contribution is 0.339. The third kappa shape index (κ3) is 2.40. The summed E-state index contributed by atoms with van der Waals surface area (Å²) in [6.07, 6.45) is 0. The van der Waals surface area contributed by atoms with Crippen molar-refractivity contribution in [3.63, 3.8) is 0 Å². The van der Waals surface area contributed by atoms with Crippen molar-refractivity contribution in [1.82, 2.24) is 9.55 Å². The number of nitrogens with zero attached hydrogens (tertiary/aromatic N) is 1. The molecule has 0 aliphatic rings. The first-order valence-electron chi connectivity index (χ1n) is 6.75. The van der Waals surface area contributed by atoms with E-state index in [-0.39, 0.29) is 0 Å². The third-order valence-corrected chi connectivity index (χ3v) is 3.58. The molecule has 3 aromatic rings. The van der Waals surface area contributed by atoms with Gasteiger partial charge in [0.1, 0.15) is 11.5 Å². The van der Waals surface area contributed by atoms with Crippen LogP contribution in [0.25, 0.3) is 16.7 Å². The van der Waals surface area contributed by atoms with Gasteiger partial charge in [0.2, 0.25) is 0 Å². The summed E-state index contributed by atoms with van der Waals surface area (Å²) in [4.78, 5) is 3.21. The van der Waals surface area contributed by atoms with Crippen LogP contribution in [0.5, 0.6) is 11.5 Å². The molecule has 0 saturated heterocycles. The average Bonchev–Trinajstić information content (AvgIpc) is 2.83. The zero-order chi connectivity index (χ0) is 14.8. The quantitative estimate of drug-likeness (QED) is 0.737. The molecule has 0 bridgehead atoms. The lowest BCUT2D eigenvalue weighted by Crippen LogP contribution is -2.00. The molecule has 0 radical (unpaired) electrons. The summed E-state index contributed by atoms with van der Waals surface area (Å²) in [5, 5.41) is 0. The lowest BCUT2D eigenvalue weighted by atomic mass is 10.2. The van der Waals surface area contributed by atoms with Crippen LogP contribution in [0.2, 0.25) is 0 Å². The molecule has 0 saturated carbocycles. The molecule has 0 spiro atoms. The van der Waals surface area contributed by atoms with Gasteiger partial charge in [-0.05, 0) is 43.4 Å². The van der Waals surface area contributed by atoms with Crippen molar-refractivity contribution < 1.29 is 9.47 Å². The average molecular weight is 300 g/mol. The SMILES string of the molecule is CCOc1ccccc1-n1c(=S)[nH]c2cc(OC)ccc21. The molecule has 21 heavy (non-hydrogen) atoms. The standard InChI is InChI=1S/C16H16N2O2S/c1-3-20-15-7-5-4-6-14(15)18-13-9-8-11(19-2)10-12(13)17-16(18)21/h4-10H,3H2,1-2H3,(H,17,21). The normalized spacial score (nSPS) is 10.8. The molecule has 108 valence electrons. The van der Waals surface area contributed by atoms with Crippen molar-refractivity contribution in [3.05, 3.63) is 47.2 Å². The number of hydrogen-bond acceptors (Lipinski definition) is 3. The van der Waals surface area contributed by atoms with E-state index in [0.717, 1.165) is 28.2 Å². The van der Waals surface area contributed by atoms with Gasteiger partial charge in [-0.3, -0.25) is 4.57 Å². The maximum absolute atomic E-state index is 5.70. The fraction of sp³-hybridized carbons (Fsp3) is 0.188. The molecule has 0 aliphatic heterocycles. The highest BCUT2D eigenvalue weighted by molar-refractivity contribution is 7.71. The highest BCUT2D eigenvalue weighted by Crippen LogP contribution is 2.28. The molecular weight excluding hydrogens is 284 g/mol. The monoisotopic (exact) mass is 300 g/mol. The van der Waals surface area contributed by atoms with E-state index in [4.69, 9.17) is 21.7 Å². The predicted octanol–water partition coefficient (Wildman–Crippen LogP) is 4.10. The van der Waals surface area contributed by atoms with Crippen molar-refractivity contribution in [2.75, 3.05) is 13.7 Å². The molecule has 5 heteroatoms. The van der Waals surface area contributed by atoms with Crippen molar-refractivity contribution >= 4 is 23.3 Å². The van der Waals surface area contributed by atoms with Gasteiger partial charge < -0.3 is 14.5 Å². The number of fused-ring (bicyclic) bond motifs is 1. The van der Waals surface area contributed by atoms with Gasteiger partial charge in [0.05, 0.1) is 30.4 Å². The first-order chi connectivity index (χ1) is 10.2. The maximum Gasteiger partial charge on any atom is 0.182 e. The van der Waals surface area contributed by atoms with Gasteiger partial charge in [0.15, 0.2) is 4.77 Å². The fourth-order valence-corrected chi connectivity index (χ4v) is 2.68. The number of rotatable bonds is 4. The molecule has 2 aromatic carbocycles. The predicted molar refractivity (Wildman–Crippen MR) is 86.2 cm³/mol. The Hall–Kier alpha value is -2.27. The summed E-state index contributed by atoms with van der Waals surface area (Å²) >= 11 is 5.47. The van der Waals surface area contributed by atoms with E-state index in [9.17, 15) is 0 Å². The van der Waals surface area contributed by atoms with Crippen molar-refractivity contribution in [2.45, 2.75) is 6.92 Å². The Morgan fingerprint density at radius 1 is 1.19 bits per heavy atom. The number of H-pyrrole nitrogens is 1. The van der Waals surface area contributed by atoms with Crippen LogP contribution in [0.15, 0.2) is 42.5 Å². The van der Waals surface area contributed by atoms with Gasteiger partial charge in [0.25, 0.3) is 0 Å². The Balaban J connectivity index is 2.26. The molecule has 4 nitrogen and oxygen atoms in total. The summed E-state index contributed by atoms with van der Waals surface area (Å²) in [6, 6.07) is 13.7. The van der Waals surface area contributed by atoms with Gasteiger partial charge in [-0.15, -0.1) is 0 Å². The summed E-state index contributed by atoms with van der Waals surface area (Å²) in [5.41, 5.74) is 2.86. The lowest BCUT2D eigenvalue weighted by Gasteiger charge is -2.11. The van der Waals surface area contributed by atoms with E-state index in [1.165, 1.54) is 0 Å². The molecule has 0 amide bonds. The van der Waals surface area contributed by atoms with Crippen LogP contribution in [0.3, 0.4) is 0 Å². The molecule has 1 aromatic heterocycles. The summed E-state index contributed by atoms with van der Waals surface area (Å²) in [5.74, 6) is 1.61. The maximum atomic E-state index is 5.70. The van der Waals surface area contributed by atoms with Crippen LogP contribution in [-0.2, 0) is 0 Å². The number of aromatic nitrogens is 2. The number of ether oxygens (including phenoxy) is 2. The number of hydrogen-bond donors (Lipinski definition) is 1. The van der Waals surface area contributed by atoms with Crippen LogP contribution in [0, 0.1) is 4.77 Å². The minimum absolute atomic E-state index is 0.612. The van der Waals surface area contributed by atoms with Crippen LogP contribution in [-0.4, -0.2) is 23.3 Å². The highest BCUT2D eigenvalue weighted by atomic mass is 32.1. The Labute approximate surface area is 127 Å². The van der Waals surface area contributed by atoms with Crippen LogP contribution in [0.4, 0.5) is 0 Å². The van der Waals surface area contributed by atoms with Gasteiger partial charge in [-0.2, -0.15) is 0 Å². The van der Waals surface area contributed by atoms with Crippen molar-refractivity contribution in [1.29, 1.82) is 0 Å². The zero-order valence-corrected chi connectivity index (χ0v) is 12.7. The Morgan fingerprint density at radius 2 is 2.00 bits per heavy atom. The fourth-order valence-electron chi connectivity index (χ4n) is 2.38. The van der Waals surface area contributed by atoms with E-state index in [1.54, 1.807) is 7.11 Å². The number of imidazole rings is 1. The molecule has 0 atom stereocenters. The highest BCUT2D eigenvalue weighted by Gasteiger charge is 2.11. The Morgan fingerprint density at radius 3 is 2.76 bits per heavy atom. The van der Waals surface area contributed by atoms with Crippen LogP contribution < -0.4 is 9.47 Å². The van der Waals surface area contributed by atoms with Crippen LogP contribution in [0.1, 0.15) is 6.92 Å². The first kappa shape index (κ1) is 13.7. The third-order valence-electron chi connectivity index (χ3n) is 3.30. The minimum Gasteiger partial charge on any atom is -0.497 e. The van der Waals surface area contributed by atoms with Crippen molar-refractivity contribution in [3.8, 4) is 17.2 Å². The number of aromatic amines is 1. The summed E-state index contributed by atoms with van der Waals surface area (Å²) < 4.78 is 13.6. The molecule has 0 fully saturated rings. The molecule has 3 rings (SSSR count). The van der Waals surface area contributed by atoms with Gasteiger partial charge >= 0.3 is 0 Å². The van der Waals surface area contributed by atoms with Gasteiger partial charge in [0, 0.05) is 6.07 Å². The number of para-hydroxylation sites is 2. The molecule has 0 aliphatic carbocycles. The molecule has 1 heterocycles.